The van der Waals surface area contributed by atoms with E-state index in [4.69, 9.17) is 4.74 Å². The Hall–Kier alpha value is -2.63. The summed E-state index contributed by atoms with van der Waals surface area (Å²) in [4.78, 5) is 15.7. The summed E-state index contributed by atoms with van der Waals surface area (Å²) in [5, 5.41) is 5.52. The molecule has 0 aliphatic heterocycles. The minimum absolute atomic E-state index is 0.213. The van der Waals surface area contributed by atoms with E-state index >= 15 is 0 Å². The van der Waals surface area contributed by atoms with Gasteiger partial charge in [0.05, 0.1) is 18.8 Å². The molecule has 0 atom stereocenters. The Kier molecular flexibility index (Phi) is 6.84. The molecule has 0 unspecified atom stereocenters. The average molecular weight is 317 g/mol. The highest BCUT2D eigenvalue weighted by molar-refractivity contribution is 5.73. The number of nitrogens with zero attached hydrogens (tertiary/aromatic N) is 1. The molecule has 2 N–H and O–H groups in total. The van der Waals surface area contributed by atoms with Crippen LogP contribution in [0.25, 0.3) is 0 Å². The van der Waals surface area contributed by atoms with Crippen molar-refractivity contribution in [3.8, 4) is 5.75 Å². The van der Waals surface area contributed by atoms with Crippen molar-refractivity contribution in [3.05, 3.63) is 60.2 Å². The Bertz CT molecular complexity index is 591. The Morgan fingerprint density at radius 3 is 2.65 bits per heavy atom. The Morgan fingerprint density at radius 2 is 1.91 bits per heavy atom. The molecular formula is C17H20FN3O2. The van der Waals surface area contributed by atoms with Gasteiger partial charge in [-0.1, -0.05) is 6.07 Å². The number of amides is 2. The Balaban J connectivity index is 1.50. The van der Waals surface area contributed by atoms with Gasteiger partial charge in [0.1, 0.15) is 11.6 Å². The van der Waals surface area contributed by atoms with Crippen LogP contribution in [-0.4, -0.2) is 24.2 Å². The molecule has 23 heavy (non-hydrogen) atoms. The van der Waals surface area contributed by atoms with E-state index in [0.717, 1.165) is 18.5 Å². The van der Waals surface area contributed by atoms with Gasteiger partial charge < -0.3 is 15.4 Å². The molecular weight excluding hydrogens is 297 g/mol. The lowest BCUT2D eigenvalue weighted by atomic mass is 10.3. The molecule has 0 saturated carbocycles. The second-order valence-corrected chi connectivity index (χ2v) is 4.94. The zero-order chi connectivity index (χ0) is 16.3. The third kappa shape index (κ3) is 6.78. The fourth-order valence-corrected chi connectivity index (χ4v) is 1.89. The molecule has 0 bridgehead atoms. The van der Waals surface area contributed by atoms with Gasteiger partial charge in [-0.25, -0.2) is 9.18 Å². The predicted molar refractivity (Wildman–Crippen MR) is 85.6 cm³/mol. The zero-order valence-corrected chi connectivity index (χ0v) is 12.8. The number of benzene rings is 1. The molecule has 6 heteroatoms. The van der Waals surface area contributed by atoms with Gasteiger partial charge in [0.25, 0.3) is 0 Å². The number of hydrogen-bond acceptors (Lipinski definition) is 3. The van der Waals surface area contributed by atoms with E-state index in [-0.39, 0.29) is 11.8 Å². The molecule has 0 fully saturated rings. The lowest BCUT2D eigenvalue weighted by Gasteiger charge is -2.08. The summed E-state index contributed by atoms with van der Waals surface area (Å²) in [5.41, 5.74) is 0.815. The normalized spacial score (nSPS) is 10.1. The highest BCUT2D eigenvalue weighted by Gasteiger charge is 2.00. The molecule has 0 radical (unpaired) electrons. The van der Waals surface area contributed by atoms with Crippen molar-refractivity contribution in [2.75, 3.05) is 13.2 Å². The van der Waals surface area contributed by atoms with Crippen LogP contribution < -0.4 is 15.4 Å². The van der Waals surface area contributed by atoms with Crippen molar-refractivity contribution in [1.29, 1.82) is 0 Å². The van der Waals surface area contributed by atoms with E-state index in [0.29, 0.717) is 25.4 Å². The number of ether oxygens (including phenoxy) is 1. The van der Waals surface area contributed by atoms with E-state index in [9.17, 15) is 9.18 Å². The van der Waals surface area contributed by atoms with Crippen LogP contribution in [0.5, 0.6) is 5.75 Å². The number of urea groups is 1. The molecule has 1 heterocycles. The number of nitrogens with one attached hydrogen (secondary N) is 2. The summed E-state index contributed by atoms with van der Waals surface area (Å²) < 4.78 is 18.2. The maximum Gasteiger partial charge on any atom is 0.315 e. The first-order chi connectivity index (χ1) is 11.2. The minimum atomic E-state index is -0.279. The smallest absolute Gasteiger partial charge is 0.315 e. The first-order valence-electron chi connectivity index (χ1n) is 7.54. The van der Waals surface area contributed by atoms with Crippen LogP contribution in [0.3, 0.4) is 0 Å². The van der Waals surface area contributed by atoms with Gasteiger partial charge >= 0.3 is 6.03 Å². The monoisotopic (exact) mass is 317 g/mol. The van der Waals surface area contributed by atoms with Crippen molar-refractivity contribution in [3.63, 3.8) is 0 Å². The average Bonchev–Trinajstić information content (AvgIpc) is 2.58. The number of unbranched alkanes of at least 4 members (excludes halogenated alkanes) is 1. The van der Waals surface area contributed by atoms with Crippen LogP contribution in [0.2, 0.25) is 0 Å². The lowest BCUT2D eigenvalue weighted by Crippen LogP contribution is -2.35. The summed E-state index contributed by atoms with van der Waals surface area (Å²) in [6, 6.07) is 11.3. The molecule has 1 aromatic carbocycles. The Labute approximate surface area is 134 Å². The van der Waals surface area contributed by atoms with Gasteiger partial charge in [0, 0.05) is 12.7 Å². The topological polar surface area (TPSA) is 63.2 Å². The lowest BCUT2D eigenvalue weighted by molar-refractivity contribution is 0.239. The molecule has 2 aromatic rings. The van der Waals surface area contributed by atoms with E-state index in [2.05, 4.69) is 15.6 Å². The van der Waals surface area contributed by atoms with Gasteiger partial charge in [-0.05, 0) is 49.2 Å². The van der Waals surface area contributed by atoms with Gasteiger partial charge in [-0.2, -0.15) is 0 Å². The minimum Gasteiger partial charge on any atom is -0.494 e. The quantitative estimate of drug-likeness (QED) is 0.736. The molecule has 122 valence electrons. The fraction of sp³-hybridized carbons (Fsp3) is 0.294. The Morgan fingerprint density at radius 1 is 1.09 bits per heavy atom. The van der Waals surface area contributed by atoms with E-state index in [1.165, 1.54) is 12.1 Å². The van der Waals surface area contributed by atoms with Crippen LogP contribution >= 0.6 is 0 Å². The SMILES string of the molecule is O=C(NCCCCOc1ccc(F)cc1)NCc1ccccn1. The summed E-state index contributed by atoms with van der Waals surface area (Å²) in [6.45, 7) is 1.50. The number of halogens is 1. The molecule has 2 amide bonds. The second kappa shape index (κ2) is 9.40. The first kappa shape index (κ1) is 16.7. The molecule has 0 spiro atoms. The van der Waals surface area contributed by atoms with E-state index < -0.39 is 0 Å². The number of aromatic nitrogens is 1. The van der Waals surface area contributed by atoms with Gasteiger partial charge in [-0.15, -0.1) is 0 Å². The van der Waals surface area contributed by atoms with Crippen LogP contribution in [0.15, 0.2) is 48.7 Å². The maximum absolute atomic E-state index is 12.7. The third-order valence-corrected chi connectivity index (χ3v) is 3.10. The summed E-state index contributed by atoms with van der Waals surface area (Å²) in [6.07, 6.45) is 3.30. The maximum atomic E-state index is 12.7. The van der Waals surface area contributed by atoms with Crippen LogP contribution in [0, 0.1) is 5.82 Å². The number of carbonyl (C=O) groups is 1. The molecule has 2 rings (SSSR count). The van der Waals surface area contributed by atoms with Crippen molar-refractivity contribution in [2.45, 2.75) is 19.4 Å². The molecule has 5 nitrogen and oxygen atoms in total. The van der Waals surface area contributed by atoms with Gasteiger partial charge in [0.2, 0.25) is 0 Å². The van der Waals surface area contributed by atoms with Gasteiger partial charge in [0.15, 0.2) is 0 Å². The number of carbonyl (C=O) groups excluding carboxylic acids is 1. The highest BCUT2D eigenvalue weighted by atomic mass is 19.1. The predicted octanol–water partition coefficient (Wildman–Crippen LogP) is 2.88. The van der Waals surface area contributed by atoms with Crippen LogP contribution in [0.4, 0.5) is 9.18 Å². The van der Waals surface area contributed by atoms with Gasteiger partial charge in [-0.3, -0.25) is 4.98 Å². The first-order valence-corrected chi connectivity index (χ1v) is 7.54. The van der Waals surface area contributed by atoms with Crippen molar-refractivity contribution < 1.29 is 13.9 Å². The van der Waals surface area contributed by atoms with Crippen LogP contribution in [0.1, 0.15) is 18.5 Å². The van der Waals surface area contributed by atoms with Crippen molar-refractivity contribution >= 4 is 6.03 Å². The summed E-state index contributed by atoms with van der Waals surface area (Å²) in [7, 11) is 0. The van der Waals surface area contributed by atoms with Crippen LogP contribution in [-0.2, 0) is 6.54 Å². The van der Waals surface area contributed by atoms with Crippen molar-refractivity contribution in [2.24, 2.45) is 0 Å². The number of pyridine rings is 1. The highest BCUT2D eigenvalue weighted by Crippen LogP contribution is 2.11. The standard InChI is InChI=1S/C17H20FN3O2/c18-14-6-8-16(9-7-14)23-12-4-3-11-20-17(22)21-13-15-5-1-2-10-19-15/h1-2,5-10H,3-4,11-13H2,(H2,20,21,22). The number of rotatable bonds is 8. The largest absolute Gasteiger partial charge is 0.494 e. The fourth-order valence-electron chi connectivity index (χ4n) is 1.89. The van der Waals surface area contributed by atoms with E-state index in [1.807, 2.05) is 18.2 Å². The van der Waals surface area contributed by atoms with E-state index in [1.54, 1.807) is 18.3 Å². The second-order valence-electron chi connectivity index (χ2n) is 4.94. The molecule has 0 aliphatic carbocycles. The zero-order valence-electron chi connectivity index (χ0n) is 12.8. The summed E-state index contributed by atoms with van der Waals surface area (Å²) >= 11 is 0. The number of hydrogen-bond donors (Lipinski definition) is 2. The summed E-state index contributed by atoms with van der Waals surface area (Å²) in [5.74, 6) is 0.366. The molecule has 1 aromatic heterocycles. The molecule has 0 saturated heterocycles. The molecule has 0 aliphatic rings. The van der Waals surface area contributed by atoms with Crippen molar-refractivity contribution in [1.82, 2.24) is 15.6 Å². The third-order valence-electron chi connectivity index (χ3n) is 3.10.